The fraction of sp³-hybridized carbons (Fsp3) is 0.143. The fourth-order valence-electron chi connectivity index (χ4n) is 2.28. The Labute approximate surface area is 144 Å². The second-order valence-corrected chi connectivity index (χ2v) is 7.61. The second-order valence-electron chi connectivity index (χ2n) is 5.02. The first-order valence-corrected chi connectivity index (χ1v) is 9.14. The Morgan fingerprint density at radius 2 is 2.00 bits per heavy atom. The van der Waals surface area contributed by atoms with Crippen molar-refractivity contribution in [2.24, 2.45) is 5.14 Å². The van der Waals surface area contributed by atoms with Crippen LogP contribution in [-0.4, -0.2) is 18.6 Å². The van der Waals surface area contributed by atoms with Crippen LogP contribution < -0.4 is 5.14 Å². The van der Waals surface area contributed by atoms with Gasteiger partial charge in [0.1, 0.15) is 27.9 Å². The number of hydrogen-bond acceptors (Lipinski definition) is 6. The Hall–Kier alpha value is -2.24. The minimum absolute atomic E-state index is 0.0265. The summed E-state index contributed by atoms with van der Waals surface area (Å²) in [6.45, 7) is 0.606. The fourth-order valence-corrected chi connectivity index (χ4v) is 3.47. The van der Waals surface area contributed by atoms with Gasteiger partial charge in [0.15, 0.2) is 12.4 Å². The van der Waals surface area contributed by atoms with Gasteiger partial charge in [-0.2, -0.15) is 0 Å². The van der Waals surface area contributed by atoms with Crippen molar-refractivity contribution in [3.05, 3.63) is 39.9 Å². The molecule has 0 aliphatic carbocycles. The zero-order valence-electron chi connectivity index (χ0n) is 12.6. The van der Waals surface area contributed by atoms with Crippen molar-refractivity contribution in [3.63, 3.8) is 0 Å². The predicted octanol–water partition coefficient (Wildman–Crippen LogP) is 3.17. The van der Waals surface area contributed by atoms with E-state index < -0.39 is 38.8 Å². The third kappa shape index (κ3) is 3.17. The summed E-state index contributed by atoms with van der Waals surface area (Å²) >= 11 is 1.28. The molecule has 2 aromatic heterocycles. The van der Waals surface area contributed by atoms with Crippen molar-refractivity contribution in [2.45, 2.75) is 18.5 Å². The van der Waals surface area contributed by atoms with Gasteiger partial charge in [0.2, 0.25) is 10.0 Å². The zero-order valence-corrected chi connectivity index (χ0v) is 14.2. The normalized spacial score (nSPS) is 11.9. The van der Waals surface area contributed by atoms with Crippen LogP contribution in [0.1, 0.15) is 10.8 Å². The Bertz CT molecular complexity index is 1060. The largest absolute Gasteiger partial charge is 0.357 e. The molecule has 0 radical (unpaired) electrons. The summed E-state index contributed by atoms with van der Waals surface area (Å²) in [6, 6.07) is 1.05. The molecule has 11 heteroatoms. The molecule has 0 aliphatic rings. The van der Waals surface area contributed by atoms with Crippen molar-refractivity contribution in [3.8, 4) is 22.5 Å². The van der Waals surface area contributed by atoms with Crippen LogP contribution in [0, 0.1) is 18.6 Å². The minimum Gasteiger partial charge on any atom is -0.357 e. The molecular weight excluding hydrogens is 379 g/mol. The molecule has 1 aromatic carbocycles. The monoisotopic (exact) mass is 389 g/mol. The number of halogens is 3. The van der Waals surface area contributed by atoms with Crippen LogP contribution in [0.2, 0.25) is 0 Å². The standard InChI is InChI=1S/C14H10F3N3O3S2/c1-6-19-10(5-24-6)14-13(11(4-15)23-20-14)7-2-9(17)12(3-8(7)16)25(18,21)22/h2-3,5H,4H2,1H3,(H2,18,21,22). The van der Waals surface area contributed by atoms with Gasteiger partial charge in [0, 0.05) is 10.9 Å². The van der Waals surface area contributed by atoms with Gasteiger partial charge in [-0.25, -0.2) is 31.7 Å². The van der Waals surface area contributed by atoms with Crippen LogP contribution in [-0.2, 0) is 16.7 Å². The maximum absolute atomic E-state index is 14.4. The molecule has 2 N–H and O–H groups in total. The van der Waals surface area contributed by atoms with Crippen LogP contribution in [0.25, 0.3) is 22.5 Å². The maximum Gasteiger partial charge on any atom is 0.241 e. The van der Waals surface area contributed by atoms with Crippen molar-refractivity contribution >= 4 is 21.4 Å². The molecular formula is C14H10F3N3O3S2. The van der Waals surface area contributed by atoms with Gasteiger partial charge in [0.05, 0.1) is 10.6 Å². The quantitative estimate of drug-likeness (QED) is 0.739. The first-order valence-electron chi connectivity index (χ1n) is 6.71. The SMILES string of the molecule is Cc1nc(-c2noc(CF)c2-c2cc(F)c(S(N)(=O)=O)cc2F)cs1. The molecule has 0 saturated carbocycles. The number of hydrogen-bond donors (Lipinski definition) is 1. The molecule has 2 heterocycles. The molecule has 0 fully saturated rings. The first-order chi connectivity index (χ1) is 11.7. The van der Waals surface area contributed by atoms with E-state index in [0.717, 1.165) is 0 Å². The van der Waals surface area contributed by atoms with Gasteiger partial charge in [-0.1, -0.05) is 5.16 Å². The highest BCUT2D eigenvalue weighted by molar-refractivity contribution is 7.89. The summed E-state index contributed by atoms with van der Waals surface area (Å²) in [7, 11) is -4.46. The van der Waals surface area contributed by atoms with E-state index in [9.17, 15) is 21.6 Å². The number of nitrogens with two attached hydrogens (primary N) is 1. The number of aryl methyl sites for hydroxylation is 1. The van der Waals surface area contributed by atoms with E-state index in [1.165, 1.54) is 11.3 Å². The Balaban J connectivity index is 2.27. The van der Waals surface area contributed by atoms with E-state index in [1.54, 1.807) is 12.3 Å². The number of alkyl halides is 1. The summed E-state index contributed by atoms with van der Waals surface area (Å²) in [4.78, 5) is 3.16. The lowest BCUT2D eigenvalue weighted by Crippen LogP contribution is -2.14. The molecule has 0 bridgehead atoms. The van der Waals surface area contributed by atoms with Crippen LogP contribution in [0.15, 0.2) is 26.9 Å². The van der Waals surface area contributed by atoms with E-state index in [0.29, 0.717) is 22.8 Å². The number of nitrogens with zero attached hydrogens (tertiary/aromatic N) is 2. The lowest BCUT2D eigenvalue weighted by atomic mass is 10.0. The van der Waals surface area contributed by atoms with E-state index in [-0.39, 0.29) is 17.0 Å². The molecule has 0 spiro atoms. The highest BCUT2D eigenvalue weighted by Gasteiger charge is 2.26. The summed E-state index contributed by atoms with van der Waals surface area (Å²) in [5.41, 5.74) is -0.209. The van der Waals surface area contributed by atoms with E-state index in [4.69, 9.17) is 9.66 Å². The number of sulfonamides is 1. The molecule has 6 nitrogen and oxygen atoms in total. The molecule has 3 aromatic rings. The summed E-state index contributed by atoms with van der Waals surface area (Å²) in [5, 5.41) is 10.8. The first kappa shape index (κ1) is 17.6. The summed E-state index contributed by atoms with van der Waals surface area (Å²) in [5.74, 6) is -2.72. The van der Waals surface area contributed by atoms with Crippen LogP contribution in [0.5, 0.6) is 0 Å². The van der Waals surface area contributed by atoms with Gasteiger partial charge in [-0.15, -0.1) is 11.3 Å². The number of thiazole rings is 1. The molecule has 25 heavy (non-hydrogen) atoms. The Kier molecular flexibility index (Phi) is 4.39. The molecule has 0 atom stereocenters. The average molecular weight is 389 g/mol. The maximum atomic E-state index is 14.4. The van der Waals surface area contributed by atoms with E-state index >= 15 is 0 Å². The van der Waals surface area contributed by atoms with Gasteiger partial charge in [0.25, 0.3) is 0 Å². The van der Waals surface area contributed by atoms with E-state index in [1.807, 2.05) is 0 Å². The highest BCUT2D eigenvalue weighted by atomic mass is 32.2. The molecule has 0 aliphatic heterocycles. The van der Waals surface area contributed by atoms with Crippen LogP contribution in [0.4, 0.5) is 13.2 Å². The average Bonchev–Trinajstić information content (AvgIpc) is 3.13. The Morgan fingerprint density at radius 3 is 2.56 bits per heavy atom. The molecule has 0 amide bonds. The second kappa shape index (κ2) is 6.24. The molecule has 0 saturated heterocycles. The van der Waals surface area contributed by atoms with Crippen molar-refractivity contribution < 1.29 is 26.1 Å². The third-order valence-electron chi connectivity index (χ3n) is 3.34. The van der Waals surface area contributed by atoms with E-state index in [2.05, 4.69) is 10.1 Å². The number of rotatable bonds is 4. The molecule has 0 unspecified atom stereocenters. The van der Waals surface area contributed by atoms with Crippen molar-refractivity contribution in [1.82, 2.24) is 10.1 Å². The molecule has 132 valence electrons. The minimum atomic E-state index is -4.46. The zero-order chi connectivity index (χ0) is 18.4. The number of primary sulfonamides is 1. The Morgan fingerprint density at radius 1 is 1.28 bits per heavy atom. The lowest BCUT2D eigenvalue weighted by molar-refractivity contribution is 0.332. The van der Waals surface area contributed by atoms with Crippen LogP contribution >= 0.6 is 11.3 Å². The lowest BCUT2D eigenvalue weighted by Gasteiger charge is -2.07. The van der Waals surface area contributed by atoms with Gasteiger partial charge >= 0.3 is 0 Å². The topological polar surface area (TPSA) is 99.1 Å². The summed E-state index contributed by atoms with van der Waals surface area (Å²) in [6.07, 6.45) is 0. The molecule has 3 rings (SSSR count). The van der Waals surface area contributed by atoms with Gasteiger partial charge < -0.3 is 4.52 Å². The predicted molar refractivity (Wildman–Crippen MR) is 83.9 cm³/mol. The van der Waals surface area contributed by atoms with Gasteiger partial charge in [-0.3, -0.25) is 0 Å². The highest BCUT2D eigenvalue weighted by Crippen LogP contribution is 2.38. The number of benzene rings is 1. The number of aromatic nitrogens is 2. The van der Waals surface area contributed by atoms with Gasteiger partial charge in [-0.05, 0) is 19.1 Å². The van der Waals surface area contributed by atoms with Crippen LogP contribution in [0.3, 0.4) is 0 Å². The summed E-state index contributed by atoms with van der Waals surface area (Å²) < 4.78 is 69.2. The van der Waals surface area contributed by atoms with Crippen molar-refractivity contribution in [1.29, 1.82) is 0 Å². The third-order valence-corrected chi connectivity index (χ3v) is 5.04. The van der Waals surface area contributed by atoms with Crippen molar-refractivity contribution in [2.75, 3.05) is 0 Å². The smallest absolute Gasteiger partial charge is 0.241 e.